The maximum Gasteiger partial charge on any atom is 0.417 e. The first kappa shape index (κ1) is 16.5. The molecule has 3 unspecified atom stereocenters. The van der Waals surface area contributed by atoms with Crippen molar-refractivity contribution in [2.45, 2.75) is 51.9 Å². The summed E-state index contributed by atoms with van der Waals surface area (Å²) in [5.41, 5.74) is 0.997. The molecule has 1 heterocycles. The van der Waals surface area contributed by atoms with Gasteiger partial charge in [-0.15, -0.1) is 0 Å². The molecule has 0 N–H and O–H groups in total. The Morgan fingerprint density at radius 2 is 1.79 bits per heavy atom. The van der Waals surface area contributed by atoms with Crippen LogP contribution in [0, 0.1) is 5.92 Å². The van der Waals surface area contributed by atoms with Gasteiger partial charge in [0.05, 0.1) is 6.04 Å². The lowest BCUT2D eigenvalue weighted by Gasteiger charge is -2.27. The summed E-state index contributed by atoms with van der Waals surface area (Å²) in [6.07, 6.45) is -1.02. The molecular weight excluding hydrogens is 310 g/mol. The maximum absolute atomic E-state index is 12.5. The van der Waals surface area contributed by atoms with Gasteiger partial charge in [-0.2, -0.15) is 0 Å². The van der Waals surface area contributed by atoms with Gasteiger partial charge in [0, 0.05) is 19.3 Å². The van der Waals surface area contributed by atoms with E-state index < -0.39 is 29.8 Å². The van der Waals surface area contributed by atoms with E-state index >= 15 is 0 Å². The molecule has 1 aliphatic carbocycles. The Balaban J connectivity index is 1.98. The normalized spacial score (nSPS) is 25.2. The van der Waals surface area contributed by atoms with E-state index in [1.54, 1.807) is 20.8 Å². The number of benzene rings is 1. The third kappa shape index (κ3) is 2.77. The standard InChI is InChI=1S/C18H21NO5/c1-10(20)23-16-12-8-6-5-7-11(12)15-13(16)9-14(21)19(15)17(22)24-18(2,3)4/h5-8,13,15-16H,9H2,1-4H3. The van der Waals surface area contributed by atoms with E-state index in [0.29, 0.717) is 0 Å². The zero-order chi connectivity index (χ0) is 17.6. The number of rotatable bonds is 1. The van der Waals surface area contributed by atoms with Crippen molar-refractivity contribution in [1.29, 1.82) is 0 Å². The van der Waals surface area contributed by atoms with Gasteiger partial charge < -0.3 is 9.47 Å². The number of hydrogen-bond donors (Lipinski definition) is 0. The molecule has 1 aromatic rings. The second kappa shape index (κ2) is 5.61. The topological polar surface area (TPSA) is 72.9 Å². The first-order valence-electron chi connectivity index (χ1n) is 8.00. The summed E-state index contributed by atoms with van der Waals surface area (Å²) in [7, 11) is 0. The Morgan fingerprint density at radius 3 is 2.38 bits per heavy atom. The van der Waals surface area contributed by atoms with Crippen LogP contribution in [0.3, 0.4) is 0 Å². The van der Waals surface area contributed by atoms with Crippen molar-refractivity contribution in [3.63, 3.8) is 0 Å². The summed E-state index contributed by atoms with van der Waals surface area (Å²) in [6.45, 7) is 6.62. The first-order chi connectivity index (χ1) is 11.2. The van der Waals surface area contributed by atoms with Crippen molar-refractivity contribution in [2.24, 2.45) is 5.92 Å². The molecule has 2 aliphatic rings. The smallest absolute Gasteiger partial charge is 0.417 e. The van der Waals surface area contributed by atoms with Crippen molar-refractivity contribution >= 4 is 18.0 Å². The van der Waals surface area contributed by atoms with E-state index in [4.69, 9.17) is 9.47 Å². The number of esters is 1. The van der Waals surface area contributed by atoms with E-state index in [0.717, 1.165) is 11.1 Å². The monoisotopic (exact) mass is 331 g/mol. The van der Waals surface area contributed by atoms with Gasteiger partial charge in [0.15, 0.2) is 0 Å². The third-order valence-electron chi connectivity index (χ3n) is 4.26. The summed E-state index contributed by atoms with van der Waals surface area (Å²) >= 11 is 0. The van der Waals surface area contributed by atoms with Crippen LogP contribution in [-0.2, 0) is 19.1 Å². The molecule has 3 rings (SSSR count). The van der Waals surface area contributed by atoms with Crippen molar-refractivity contribution in [1.82, 2.24) is 4.90 Å². The summed E-state index contributed by atoms with van der Waals surface area (Å²) in [5, 5.41) is 0. The quantitative estimate of drug-likeness (QED) is 0.739. The van der Waals surface area contributed by atoms with Crippen LogP contribution in [0.4, 0.5) is 4.79 Å². The number of carbonyl (C=O) groups excluding carboxylic acids is 3. The molecule has 0 bridgehead atoms. The van der Waals surface area contributed by atoms with Crippen molar-refractivity contribution in [3.05, 3.63) is 35.4 Å². The molecule has 24 heavy (non-hydrogen) atoms. The van der Waals surface area contributed by atoms with Crippen molar-refractivity contribution in [2.75, 3.05) is 0 Å². The van der Waals surface area contributed by atoms with E-state index in [1.165, 1.54) is 11.8 Å². The van der Waals surface area contributed by atoms with Crippen molar-refractivity contribution < 1.29 is 23.9 Å². The van der Waals surface area contributed by atoms with Crippen LogP contribution in [0.15, 0.2) is 24.3 Å². The minimum absolute atomic E-state index is 0.149. The van der Waals surface area contributed by atoms with Gasteiger partial charge in [0.2, 0.25) is 5.91 Å². The van der Waals surface area contributed by atoms with Crippen LogP contribution in [0.2, 0.25) is 0 Å². The second-order valence-electron chi connectivity index (χ2n) is 7.22. The lowest BCUT2D eigenvalue weighted by Crippen LogP contribution is -2.39. The van der Waals surface area contributed by atoms with Gasteiger partial charge in [-0.3, -0.25) is 9.59 Å². The Morgan fingerprint density at radius 1 is 1.17 bits per heavy atom. The highest BCUT2D eigenvalue weighted by atomic mass is 16.6. The summed E-state index contributed by atoms with van der Waals surface area (Å²) in [4.78, 5) is 37.6. The number of ether oxygens (including phenoxy) is 2. The van der Waals surface area contributed by atoms with Gasteiger partial charge in [-0.25, -0.2) is 9.69 Å². The molecule has 0 spiro atoms. The number of imide groups is 1. The molecule has 3 atom stereocenters. The summed E-state index contributed by atoms with van der Waals surface area (Å²) in [5.74, 6) is -0.976. The van der Waals surface area contributed by atoms with Crippen LogP contribution in [0.1, 0.15) is 57.4 Å². The molecule has 1 aliphatic heterocycles. The number of carbonyl (C=O) groups is 3. The summed E-state index contributed by atoms with van der Waals surface area (Å²) < 4.78 is 10.8. The predicted octanol–water partition coefficient (Wildman–Crippen LogP) is 3.13. The molecule has 2 amide bonds. The molecule has 1 aromatic carbocycles. The number of nitrogens with zero attached hydrogens (tertiary/aromatic N) is 1. The van der Waals surface area contributed by atoms with E-state index in [2.05, 4.69) is 0 Å². The van der Waals surface area contributed by atoms with Gasteiger partial charge in [0.25, 0.3) is 0 Å². The minimum atomic E-state index is -0.692. The van der Waals surface area contributed by atoms with Crippen LogP contribution < -0.4 is 0 Å². The third-order valence-corrected chi connectivity index (χ3v) is 4.26. The first-order valence-corrected chi connectivity index (χ1v) is 8.00. The van der Waals surface area contributed by atoms with Crippen LogP contribution >= 0.6 is 0 Å². The average molecular weight is 331 g/mol. The van der Waals surface area contributed by atoms with E-state index in [1.807, 2.05) is 24.3 Å². The summed E-state index contributed by atoms with van der Waals surface area (Å²) in [6, 6.07) is 7.00. The highest BCUT2D eigenvalue weighted by Gasteiger charge is 2.55. The molecular formula is C18H21NO5. The van der Waals surface area contributed by atoms with Crippen molar-refractivity contribution in [3.8, 4) is 0 Å². The Kier molecular flexibility index (Phi) is 3.86. The highest BCUT2D eigenvalue weighted by Crippen LogP contribution is 2.54. The number of amides is 2. The fourth-order valence-electron chi connectivity index (χ4n) is 3.53. The van der Waals surface area contributed by atoms with E-state index in [9.17, 15) is 14.4 Å². The van der Waals surface area contributed by atoms with Gasteiger partial charge in [-0.1, -0.05) is 24.3 Å². The largest absolute Gasteiger partial charge is 0.457 e. The van der Waals surface area contributed by atoms with Crippen LogP contribution in [-0.4, -0.2) is 28.5 Å². The predicted molar refractivity (Wildman–Crippen MR) is 84.9 cm³/mol. The second-order valence-corrected chi connectivity index (χ2v) is 7.22. The Bertz CT molecular complexity index is 706. The molecule has 0 radical (unpaired) electrons. The molecule has 0 saturated carbocycles. The SMILES string of the molecule is CC(=O)OC1c2ccccc2C2C1CC(=O)N2C(=O)OC(C)(C)C. The van der Waals surface area contributed by atoms with Gasteiger partial charge in [-0.05, 0) is 31.9 Å². The molecule has 0 aromatic heterocycles. The highest BCUT2D eigenvalue weighted by molar-refractivity contribution is 5.95. The Hall–Kier alpha value is -2.37. The van der Waals surface area contributed by atoms with E-state index in [-0.39, 0.29) is 18.2 Å². The fraction of sp³-hybridized carbons (Fsp3) is 0.500. The number of likely N-dealkylation sites (tertiary alicyclic amines) is 1. The minimum Gasteiger partial charge on any atom is -0.457 e. The fourth-order valence-corrected chi connectivity index (χ4v) is 3.53. The average Bonchev–Trinajstić information content (AvgIpc) is 2.92. The molecule has 128 valence electrons. The van der Waals surface area contributed by atoms with Crippen LogP contribution in [0.25, 0.3) is 0 Å². The van der Waals surface area contributed by atoms with Gasteiger partial charge in [0.1, 0.15) is 11.7 Å². The lowest BCUT2D eigenvalue weighted by molar-refractivity contribution is -0.149. The van der Waals surface area contributed by atoms with Gasteiger partial charge >= 0.3 is 12.1 Å². The molecule has 6 nitrogen and oxygen atoms in total. The molecule has 1 fully saturated rings. The Labute approximate surface area is 140 Å². The molecule has 6 heteroatoms. The van der Waals surface area contributed by atoms with Crippen LogP contribution in [0.5, 0.6) is 0 Å². The zero-order valence-corrected chi connectivity index (χ0v) is 14.2. The zero-order valence-electron chi connectivity index (χ0n) is 14.2. The maximum atomic E-state index is 12.5. The number of fused-ring (bicyclic) bond motifs is 3. The molecule has 1 saturated heterocycles. The number of hydrogen-bond acceptors (Lipinski definition) is 5. The lowest BCUT2D eigenvalue weighted by atomic mass is 9.99.